The molecule has 3 heteroatoms. The Hall–Kier alpha value is -0.120. The maximum Gasteiger partial charge on any atom is 0.0611 e. The van der Waals surface area contributed by atoms with Crippen molar-refractivity contribution in [2.24, 2.45) is 5.92 Å². The molecule has 1 aliphatic heterocycles. The Morgan fingerprint density at radius 1 is 1.41 bits per heavy atom. The van der Waals surface area contributed by atoms with Crippen molar-refractivity contribution in [3.8, 4) is 0 Å². The molecule has 0 aromatic carbocycles. The molecule has 3 atom stereocenters. The second-order valence-electron chi connectivity index (χ2n) is 6.09. The van der Waals surface area contributed by atoms with E-state index in [4.69, 9.17) is 0 Å². The molecule has 1 aliphatic rings. The molecule has 1 rings (SSSR count). The standard InChI is InChI=1S/C14H30N2O/c1-12-6-5-8-16(9-7-12)13(2)10-14(3,11-17)15-4/h12-13,15,17H,5-11H2,1-4H3. The Bertz CT molecular complexity index is 216. The minimum absolute atomic E-state index is 0.142. The molecule has 3 unspecified atom stereocenters. The van der Waals surface area contributed by atoms with E-state index in [0.29, 0.717) is 6.04 Å². The summed E-state index contributed by atoms with van der Waals surface area (Å²) >= 11 is 0. The normalized spacial score (nSPS) is 28.4. The summed E-state index contributed by atoms with van der Waals surface area (Å²) in [6, 6.07) is 0.546. The van der Waals surface area contributed by atoms with Crippen molar-refractivity contribution in [3.63, 3.8) is 0 Å². The smallest absolute Gasteiger partial charge is 0.0611 e. The summed E-state index contributed by atoms with van der Waals surface area (Å²) in [5.41, 5.74) is -0.142. The quantitative estimate of drug-likeness (QED) is 0.772. The van der Waals surface area contributed by atoms with Crippen LogP contribution in [0.4, 0.5) is 0 Å². The number of nitrogens with zero attached hydrogens (tertiary/aromatic N) is 1. The third-order valence-electron chi connectivity index (χ3n) is 4.37. The Balaban J connectivity index is 2.48. The lowest BCUT2D eigenvalue weighted by atomic mass is 9.94. The third-order valence-corrected chi connectivity index (χ3v) is 4.37. The van der Waals surface area contributed by atoms with Gasteiger partial charge in [-0.3, -0.25) is 0 Å². The van der Waals surface area contributed by atoms with Crippen LogP contribution in [0.3, 0.4) is 0 Å². The topological polar surface area (TPSA) is 35.5 Å². The molecule has 1 fully saturated rings. The van der Waals surface area contributed by atoms with Crippen LogP contribution in [0.25, 0.3) is 0 Å². The zero-order valence-corrected chi connectivity index (χ0v) is 12.0. The van der Waals surface area contributed by atoms with Crippen LogP contribution >= 0.6 is 0 Å². The maximum absolute atomic E-state index is 9.45. The fraction of sp³-hybridized carbons (Fsp3) is 1.00. The summed E-state index contributed by atoms with van der Waals surface area (Å²) in [5.74, 6) is 0.876. The zero-order valence-electron chi connectivity index (χ0n) is 12.0. The number of rotatable bonds is 5. The number of aliphatic hydroxyl groups is 1. The first-order chi connectivity index (χ1) is 8.00. The Labute approximate surface area is 107 Å². The van der Waals surface area contributed by atoms with E-state index in [1.807, 2.05) is 7.05 Å². The zero-order chi connectivity index (χ0) is 12.9. The van der Waals surface area contributed by atoms with Crippen LogP contribution in [0.2, 0.25) is 0 Å². The molecule has 0 spiro atoms. The predicted molar refractivity (Wildman–Crippen MR) is 73.2 cm³/mol. The molecule has 1 heterocycles. The van der Waals surface area contributed by atoms with E-state index in [-0.39, 0.29) is 12.1 Å². The molecule has 102 valence electrons. The fourth-order valence-electron chi connectivity index (χ4n) is 2.75. The molecule has 3 nitrogen and oxygen atoms in total. The second-order valence-corrected chi connectivity index (χ2v) is 6.09. The van der Waals surface area contributed by atoms with E-state index in [2.05, 4.69) is 31.0 Å². The van der Waals surface area contributed by atoms with Crippen molar-refractivity contribution in [1.82, 2.24) is 10.2 Å². The number of likely N-dealkylation sites (N-methyl/N-ethyl adjacent to an activating group) is 1. The maximum atomic E-state index is 9.45. The lowest BCUT2D eigenvalue weighted by Crippen LogP contribution is -2.49. The van der Waals surface area contributed by atoms with E-state index in [0.717, 1.165) is 12.3 Å². The van der Waals surface area contributed by atoms with Crippen LogP contribution in [0, 0.1) is 5.92 Å². The highest BCUT2D eigenvalue weighted by Gasteiger charge is 2.27. The average Bonchev–Trinajstić information content (AvgIpc) is 2.54. The first-order valence-corrected chi connectivity index (χ1v) is 7.04. The summed E-state index contributed by atoms with van der Waals surface area (Å²) in [4.78, 5) is 2.59. The number of likely N-dealkylation sites (tertiary alicyclic amines) is 1. The van der Waals surface area contributed by atoms with Crippen molar-refractivity contribution in [3.05, 3.63) is 0 Å². The van der Waals surface area contributed by atoms with Crippen LogP contribution in [0.1, 0.15) is 46.5 Å². The van der Waals surface area contributed by atoms with Crippen LogP contribution in [-0.2, 0) is 0 Å². The molecule has 17 heavy (non-hydrogen) atoms. The summed E-state index contributed by atoms with van der Waals surface area (Å²) in [7, 11) is 1.94. The van der Waals surface area contributed by atoms with Crippen molar-refractivity contribution in [2.45, 2.75) is 58.0 Å². The molecule has 0 aliphatic carbocycles. The number of hydrogen-bond donors (Lipinski definition) is 2. The van der Waals surface area contributed by atoms with Gasteiger partial charge in [0.15, 0.2) is 0 Å². The highest BCUT2D eigenvalue weighted by molar-refractivity contribution is 4.86. The molecule has 0 bridgehead atoms. The van der Waals surface area contributed by atoms with Crippen molar-refractivity contribution in [2.75, 3.05) is 26.7 Å². The highest BCUT2D eigenvalue weighted by atomic mass is 16.3. The molecular formula is C14H30N2O. The van der Waals surface area contributed by atoms with Gasteiger partial charge in [0.1, 0.15) is 0 Å². The lowest BCUT2D eigenvalue weighted by molar-refractivity contribution is 0.121. The number of aliphatic hydroxyl groups excluding tert-OH is 1. The Morgan fingerprint density at radius 3 is 2.71 bits per heavy atom. The van der Waals surface area contributed by atoms with Gasteiger partial charge in [-0.2, -0.15) is 0 Å². The Kier molecular flexibility index (Phi) is 5.90. The first kappa shape index (κ1) is 14.9. The summed E-state index contributed by atoms with van der Waals surface area (Å²) in [6.45, 7) is 9.40. The van der Waals surface area contributed by atoms with Gasteiger partial charge >= 0.3 is 0 Å². The lowest BCUT2D eigenvalue weighted by Gasteiger charge is -2.35. The van der Waals surface area contributed by atoms with Gasteiger partial charge in [0.25, 0.3) is 0 Å². The molecule has 0 amide bonds. The SMILES string of the molecule is CNC(C)(CO)CC(C)N1CCCC(C)CC1. The second kappa shape index (κ2) is 6.72. The van der Waals surface area contributed by atoms with E-state index < -0.39 is 0 Å². The van der Waals surface area contributed by atoms with Gasteiger partial charge in [-0.05, 0) is 65.6 Å². The van der Waals surface area contributed by atoms with Crippen molar-refractivity contribution in [1.29, 1.82) is 0 Å². The van der Waals surface area contributed by atoms with E-state index in [1.165, 1.54) is 32.4 Å². The Morgan fingerprint density at radius 2 is 2.12 bits per heavy atom. The molecule has 0 saturated carbocycles. The molecule has 0 aromatic rings. The highest BCUT2D eigenvalue weighted by Crippen LogP contribution is 2.21. The van der Waals surface area contributed by atoms with Crippen molar-refractivity contribution >= 4 is 0 Å². The van der Waals surface area contributed by atoms with Crippen molar-refractivity contribution < 1.29 is 5.11 Å². The van der Waals surface area contributed by atoms with Gasteiger partial charge in [-0.15, -0.1) is 0 Å². The van der Waals surface area contributed by atoms with Crippen LogP contribution in [0.15, 0.2) is 0 Å². The van der Waals surface area contributed by atoms with Gasteiger partial charge in [-0.1, -0.05) is 6.92 Å². The monoisotopic (exact) mass is 242 g/mol. The average molecular weight is 242 g/mol. The van der Waals surface area contributed by atoms with Crippen LogP contribution < -0.4 is 5.32 Å². The predicted octanol–water partition coefficient (Wildman–Crippen LogP) is 1.86. The minimum Gasteiger partial charge on any atom is -0.394 e. The molecule has 1 saturated heterocycles. The third kappa shape index (κ3) is 4.57. The fourth-order valence-corrected chi connectivity index (χ4v) is 2.75. The molecule has 2 N–H and O–H groups in total. The van der Waals surface area contributed by atoms with Crippen LogP contribution in [0.5, 0.6) is 0 Å². The van der Waals surface area contributed by atoms with E-state index >= 15 is 0 Å². The van der Waals surface area contributed by atoms with Gasteiger partial charge in [0, 0.05) is 11.6 Å². The van der Waals surface area contributed by atoms with Crippen LogP contribution in [-0.4, -0.2) is 48.3 Å². The summed E-state index contributed by atoms with van der Waals surface area (Å²) in [6.07, 6.45) is 5.02. The van der Waals surface area contributed by atoms with E-state index in [9.17, 15) is 5.11 Å². The summed E-state index contributed by atoms with van der Waals surface area (Å²) < 4.78 is 0. The molecular weight excluding hydrogens is 212 g/mol. The first-order valence-electron chi connectivity index (χ1n) is 7.04. The van der Waals surface area contributed by atoms with Gasteiger partial charge in [0.2, 0.25) is 0 Å². The number of nitrogens with one attached hydrogen (secondary N) is 1. The summed E-state index contributed by atoms with van der Waals surface area (Å²) in [5, 5.41) is 12.7. The van der Waals surface area contributed by atoms with Gasteiger partial charge < -0.3 is 15.3 Å². The minimum atomic E-state index is -0.142. The van der Waals surface area contributed by atoms with E-state index in [1.54, 1.807) is 0 Å². The largest absolute Gasteiger partial charge is 0.394 e. The number of hydrogen-bond acceptors (Lipinski definition) is 3. The molecule has 0 aromatic heterocycles. The van der Waals surface area contributed by atoms with Gasteiger partial charge in [0.05, 0.1) is 6.61 Å². The molecule has 0 radical (unpaired) electrons. The van der Waals surface area contributed by atoms with Gasteiger partial charge in [-0.25, -0.2) is 0 Å².